The normalized spacial score (nSPS) is 13.3. The van der Waals surface area contributed by atoms with Crippen molar-refractivity contribution < 1.29 is 14.6 Å². The summed E-state index contributed by atoms with van der Waals surface area (Å²) in [6, 6.07) is 5.58. The summed E-state index contributed by atoms with van der Waals surface area (Å²) in [6.07, 6.45) is 10.6. The first kappa shape index (κ1) is 26.5. The molecule has 0 bridgehead atoms. The van der Waals surface area contributed by atoms with E-state index in [2.05, 4.69) is 48.5 Å². The summed E-state index contributed by atoms with van der Waals surface area (Å²) in [5, 5.41) is 10.3. The van der Waals surface area contributed by atoms with Gasteiger partial charge < -0.3 is 9.84 Å². The smallest absolute Gasteiger partial charge is 0.313 e. The molecule has 0 saturated heterocycles. The van der Waals surface area contributed by atoms with Crippen LogP contribution in [0, 0.1) is 5.41 Å². The zero-order chi connectivity index (χ0) is 22.8. The van der Waals surface area contributed by atoms with Crippen LogP contribution in [0.2, 0.25) is 0 Å². The van der Waals surface area contributed by atoms with E-state index >= 15 is 0 Å². The Labute approximate surface area is 185 Å². The van der Waals surface area contributed by atoms with Crippen LogP contribution in [0.3, 0.4) is 0 Å². The van der Waals surface area contributed by atoms with Crippen LogP contribution >= 0.6 is 0 Å². The Morgan fingerprint density at radius 3 is 2.03 bits per heavy atom. The molecule has 0 aliphatic carbocycles. The van der Waals surface area contributed by atoms with Crippen LogP contribution in [0.1, 0.15) is 123 Å². The molecule has 3 heteroatoms. The molecule has 0 radical (unpaired) electrons. The molecular weight excluding hydrogens is 372 g/mol. The highest BCUT2D eigenvalue weighted by Crippen LogP contribution is 2.37. The molecule has 1 unspecified atom stereocenters. The Morgan fingerprint density at radius 1 is 0.933 bits per heavy atom. The summed E-state index contributed by atoms with van der Waals surface area (Å²) in [7, 11) is 0. The SMILES string of the molecule is CCCCCCCCCCOC(=O)C(CC(C)(C)C)c1ccc(O)c(C(C)(C)C)c1. The molecule has 0 saturated carbocycles. The van der Waals surface area contributed by atoms with Gasteiger partial charge in [0.2, 0.25) is 0 Å². The first-order valence-corrected chi connectivity index (χ1v) is 12.0. The Balaban J connectivity index is 2.70. The van der Waals surface area contributed by atoms with E-state index in [1.165, 1.54) is 38.5 Å². The lowest BCUT2D eigenvalue weighted by molar-refractivity contribution is -0.146. The highest BCUT2D eigenvalue weighted by Gasteiger charge is 2.29. The van der Waals surface area contributed by atoms with Crippen molar-refractivity contribution >= 4 is 5.97 Å². The molecule has 3 nitrogen and oxygen atoms in total. The van der Waals surface area contributed by atoms with Crippen molar-refractivity contribution in [1.29, 1.82) is 0 Å². The number of hydrogen-bond acceptors (Lipinski definition) is 3. The lowest BCUT2D eigenvalue weighted by Crippen LogP contribution is -2.23. The van der Waals surface area contributed by atoms with Crippen molar-refractivity contribution in [2.24, 2.45) is 5.41 Å². The third-order valence-electron chi connectivity index (χ3n) is 5.57. The van der Waals surface area contributed by atoms with Crippen molar-refractivity contribution in [2.75, 3.05) is 6.61 Å². The van der Waals surface area contributed by atoms with Gasteiger partial charge in [0.05, 0.1) is 12.5 Å². The van der Waals surface area contributed by atoms with E-state index in [0.29, 0.717) is 6.61 Å². The van der Waals surface area contributed by atoms with Crippen molar-refractivity contribution in [2.45, 2.75) is 118 Å². The van der Waals surface area contributed by atoms with Gasteiger partial charge in [0.1, 0.15) is 5.75 Å². The predicted molar refractivity (Wildman–Crippen MR) is 127 cm³/mol. The molecule has 0 spiro atoms. The average Bonchev–Trinajstić information content (AvgIpc) is 2.63. The van der Waals surface area contributed by atoms with E-state index in [9.17, 15) is 9.90 Å². The van der Waals surface area contributed by atoms with Crippen LogP contribution < -0.4 is 0 Å². The molecule has 0 heterocycles. The van der Waals surface area contributed by atoms with Crippen molar-refractivity contribution in [3.8, 4) is 5.75 Å². The fraction of sp³-hybridized carbons (Fsp3) is 0.741. The molecular formula is C27H46O3. The molecule has 1 N–H and O–H groups in total. The van der Waals surface area contributed by atoms with E-state index in [1.807, 2.05) is 12.1 Å². The monoisotopic (exact) mass is 418 g/mol. The highest BCUT2D eigenvalue weighted by molar-refractivity contribution is 5.78. The molecule has 0 fully saturated rings. The van der Waals surface area contributed by atoms with Crippen LogP contribution in [0.4, 0.5) is 0 Å². The lowest BCUT2D eigenvalue weighted by atomic mass is 9.79. The number of carbonyl (C=O) groups excluding carboxylic acids is 1. The highest BCUT2D eigenvalue weighted by atomic mass is 16.5. The Kier molecular flexibility index (Phi) is 10.9. The van der Waals surface area contributed by atoms with Gasteiger partial charge in [-0.1, -0.05) is 106 Å². The van der Waals surface area contributed by atoms with Crippen LogP contribution in [0.5, 0.6) is 5.75 Å². The maximum absolute atomic E-state index is 13.0. The number of hydrogen-bond donors (Lipinski definition) is 1. The molecule has 0 aliphatic rings. The second kappa shape index (κ2) is 12.4. The van der Waals surface area contributed by atoms with Gasteiger partial charge in [0, 0.05) is 0 Å². The number of carbonyl (C=O) groups is 1. The van der Waals surface area contributed by atoms with Crippen molar-refractivity contribution in [1.82, 2.24) is 0 Å². The van der Waals surface area contributed by atoms with E-state index in [1.54, 1.807) is 6.07 Å². The summed E-state index contributed by atoms with van der Waals surface area (Å²) in [6.45, 7) is 15.4. The second-order valence-corrected chi connectivity index (χ2v) is 11.0. The van der Waals surface area contributed by atoms with Crippen LogP contribution in [0.15, 0.2) is 18.2 Å². The van der Waals surface area contributed by atoms with E-state index in [-0.39, 0.29) is 28.5 Å². The Hall–Kier alpha value is -1.51. The third-order valence-corrected chi connectivity index (χ3v) is 5.57. The number of benzene rings is 1. The largest absolute Gasteiger partial charge is 0.508 e. The van der Waals surface area contributed by atoms with Gasteiger partial charge in [-0.05, 0) is 40.9 Å². The minimum Gasteiger partial charge on any atom is -0.508 e. The maximum atomic E-state index is 13.0. The van der Waals surface area contributed by atoms with Crippen LogP contribution in [0.25, 0.3) is 0 Å². The molecule has 1 atom stereocenters. The lowest BCUT2D eigenvalue weighted by Gasteiger charge is -2.27. The molecule has 1 rings (SSSR count). The molecule has 1 aromatic rings. The third kappa shape index (κ3) is 10.00. The molecule has 30 heavy (non-hydrogen) atoms. The molecule has 0 aliphatic heterocycles. The summed E-state index contributed by atoms with van der Waals surface area (Å²) in [5.74, 6) is -0.160. The number of phenolic OH excluding ortho intramolecular Hbond substituents is 1. The van der Waals surface area contributed by atoms with Gasteiger partial charge in [-0.3, -0.25) is 4.79 Å². The standard InChI is InChI=1S/C27H46O3/c1-8-9-10-11-12-13-14-15-18-30-25(29)22(20-26(2,3)4)21-16-17-24(28)23(19-21)27(5,6)7/h16-17,19,22,28H,8-15,18,20H2,1-7H3. The number of phenols is 1. The topological polar surface area (TPSA) is 46.5 Å². The van der Waals surface area contributed by atoms with Gasteiger partial charge in [0.25, 0.3) is 0 Å². The van der Waals surface area contributed by atoms with Gasteiger partial charge in [-0.15, -0.1) is 0 Å². The number of esters is 1. The Morgan fingerprint density at radius 2 is 1.50 bits per heavy atom. The average molecular weight is 419 g/mol. The molecule has 172 valence electrons. The van der Waals surface area contributed by atoms with Gasteiger partial charge in [-0.25, -0.2) is 0 Å². The van der Waals surface area contributed by atoms with Crippen LogP contribution in [-0.2, 0) is 14.9 Å². The van der Waals surface area contributed by atoms with E-state index in [0.717, 1.165) is 30.4 Å². The fourth-order valence-electron chi connectivity index (χ4n) is 3.83. The number of aromatic hydroxyl groups is 1. The molecule has 0 amide bonds. The van der Waals surface area contributed by atoms with Crippen LogP contribution in [-0.4, -0.2) is 17.7 Å². The van der Waals surface area contributed by atoms with E-state index < -0.39 is 0 Å². The maximum Gasteiger partial charge on any atom is 0.313 e. The molecule has 1 aromatic carbocycles. The Bertz CT molecular complexity index is 634. The second-order valence-electron chi connectivity index (χ2n) is 11.0. The first-order chi connectivity index (χ1) is 14.0. The summed E-state index contributed by atoms with van der Waals surface area (Å²) in [4.78, 5) is 13.0. The zero-order valence-corrected chi connectivity index (χ0v) is 20.6. The number of rotatable bonds is 12. The first-order valence-electron chi connectivity index (χ1n) is 12.0. The number of unbranched alkanes of at least 4 members (excludes halogenated alkanes) is 7. The zero-order valence-electron chi connectivity index (χ0n) is 20.6. The van der Waals surface area contributed by atoms with Gasteiger partial charge in [0.15, 0.2) is 0 Å². The quantitative estimate of drug-likeness (QED) is 0.277. The minimum absolute atomic E-state index is 0.00194. The van der Waals surface area contributed by atoms with Gasteiger partial charge >= 0.3 is 5.97 Å². The van der Waals surface area contributed by atoms with Gasteiger partial charge in [-0.2, -0.15) is 0 Å². The van der Waals surface area contributed by atoms with Crippen molar-refractivity contribution in [3.63, 3.8) is 0 Å². The summed E-state index contributed by atoms with van der Waals surface area (Å²) in [5.41, 5.74) is 1.62. The number of ether oxygens (including phenoxy) is 1. The summed E-state index contributed by atoms with van der Waals surface area (Å²) >= 11 is 0. The minimum atomic E-state index is -0.305. The van der Waals surface area contributed by atoms with E-state index in [4.69, 9.17) is 4.74 Å². The predicted octanol–water partition coefficient (Wildman–Crippen LogP) is 7.89. The fourth-order valence-corrected chi connectivity index (χ4v) is 3.83. The molecule has 0 aromatic heterocycles. The summed E-state index contributed by atoms with van der Waals surface area (Å²) < 4.78 is 5.70. The van der Waals surface area contributed by atoms with Crippen molar-refractivity contribution in [3.05, 3.63) is 29.3 Å².